The summed E-state index contributed by atoms with van der Waals surface area (Å²) in [6.07, 6.45) is 1.76. The number of allylic oxidation sites excluding steroid dienone is 1. The highest BCUT2D eigenvalue weighted by Crippen LogP contribution is 2.21. The average molecular weight is 355 g/mol. The quantitative estimate of drug-likeness (QED) is 0.280. The molecule has 0 saturated heterocycles. The Balaban J connectivity index is 1.80. The number of esters is 1. The van der Waals surface area contributed by atoms with Crippen molar-refractivity contribution >= 4 is 17.6 Å². The fraction of sp³-hybridized carbons (Fsp3) is 0.0435. The lowest BCUT2D eigenvalue weighted by Gasteiger charge is -2.06. The van der Waals surface area contributed by atoms with Crippen LogP contribution in [0.5, 0.6) is 11.5 Å². The number of carbonyl (C=O) groups is 1. The smallest absolute Gasteiger partial charge is 0.343 e. The maximum atomic E-state index is 12.3. The number of hydrogen-bond acceptors (Lipinski definition) is 4. The van der Waals surface area contributed by atoms with E-state index in [2.05, 4.69) is 6.07 Å². The van der Waals surface area contributed by atoms with Crippen molar-refractivity contribution < 1.29 is 14.3 Å². The Hall–Kier alpha value is -3.84. The number of benzene rings is 3. The van der Waals surface area contributed by atoms with Crippen LogP contribution < -0.4 is 9.47 Å². The van der Waals surface area contributed by atoms with Crippen LogP contribution in [0.1, 0.15) is 21.5 Å². The third kappa shape index (κ3) is 4.62. The lowest BCUT2D eigenvalue weighted by atomic mass is 10.0. The summed E-state index contributed by atoms with van der Waals surface area (Å²) in [6.45, 7) is 0. The molecule has 0 fully saturated rings. The number of hydrogen-bond donors (Lipinski definition) is 0. The van der Waals surface area contributed by atoms with Gasteiger partial charge in [-0.05, 0) is 53.6 Å². The second-order valence-electron chi connectivity index (χ2n) is 5.73. The second kappa shape index (κ2) is 8.50. The molecule has 0 aliphatic heterocycles. The Labute approximate surface area is 157 Å². The molecule has 3 aromatic carbocycles. The molecule has 132 valence electrons. The first-order valence-electron chi connectivity index (χ1n) is 8.33. The van der Waals surface area contributed by atoms with E-state index in [0.29, 0.717) is 22.6 Å². The first kappa shape index (κ1) is 18.0. The Morgan fingerprint density at radius 1 is 0.889 bits per heavy atom. The van der Waals surface area contributed by atoms with Gasteiger partial charge in [-0.2, -0.15) is 5.26 Å². The van der Waals surface area contributed by atoms with Crippen LogP contribution in [0.4, 0.5) is 0 Å². The zero-order chi connectivity index (χ0) is 19.1. The van der Waals surface area contributed by atoms with Gasteiger partial charge in [0.05, 0.1) is 24.3 Å². The Bertz CT molecular complexity index is 1000. The second-order valence-corrected chi connectivity index (χ2v) is 5.73. The lowest BCUT2D eigenvalue weighted by molar-refractivity contribution is 0.0734. The maximum absolute atomic E-state index is 12.3. The summed E-state index contributed by atoms with van der Waals surface area (Å²) in [5, 5.41) is 9.43. The average Bonchev–Trinajstić information content (AvgIpc) is 2.73. The Morgan fingerprint density at radius 2 is 1.63 bits per heavy atom. The maximum Gasteiger partial charge on any atom is 0.343 e. The van der Waals surface area contributed by atoms with Crippen molar-refractivity contribution in [2.24, 2.45) is 0 Å². The van der Waals surface area contributed by atoms with Crippen LogP contribution in [0.25, 0.3) is 11.6 Å². The Morgan fingerprint density at radius 3 is 2.30 bits per heavy atom. The minimum Gasteiger partial charge on any atom is -0.497 e. The standard InChI is InChI=1S/C23H17NO3/c1-26-21-12-10-19(11-13-21)23(25)27-22-9-5-6-17(15-22)14-20(16-24)18-7-3-2-4-8-18/h2-15H,1H3/b20-14-. The molecule has 3 rings (SSSR count). The molecule has 4 heteroatoms. The van der Waals surface area contributed by atoms with Crippen molar-refractivity contribution in [3.63, 3.8) is 0 Å². The van der Waals surface area contributed by atoms with Gasteiger partial charge < -0.3 is 9.47 Å². The molecule has 0 N–H and O–H groups in total. The Kier molecular flexibility index (Phi) is 5.66. The van der Waals surface area contributed by atoms with Crippen LogP contribution in [0.2, 0.25) is 0 Å². The molecule has 0 aliphatic carbocycles. The molecule has 0 heterocycles. The van der Waals surface area contributed by atoms with E-state index in [-0.39, 0.29) is 0 Å². The van der Waals surface area contributed by atoms with E-state index in [9.17, 15) is 10.1 Å². The van der Waals surface area contributed by atoms with Crippen molar-refractivity contribution in [3.05, 3.63) is 95.6 Å². The van der Waals surface area contributed by atoms with Crippen molar-refractivity contribution in [2.45, 2.75) is 0 Å². The molecule has 0 saturated carbocycles. The number of rotatable bonds is 5. The summed E-state index contributed by atoms with van der Waals surface area (Å²) in [6, 6.07) is 25.4. The van der Waals surface area contributed by atoms with E-state index in [1.807, 2.05) is 36.4 Å². The zero-order valence-electron chi connectivity index (χ0n) is 14.8. The highest BCUT2D eigenvalue weighted by atomic mass is 16.5. The normalized spacial score (nSPS) is 10.7. The number of nitriles is 1. The van der Waals surface area contributed by atoms with E-state index in [4.69, 9.17) is 9.47 Å². The van der Waals surface area contributed by atoms with Crippen LogP contribution in [-0.4, -0.2) is 13.1 Å². The molecule has 4 nitrogen and oxygen atoms in total. The van der Waals surface area contributed by atoms with Crippen molar-refractivity contribution in [2.75, 3.05) is 7.11 Å². The fourth-order valence-electron chi connectivity index (χ4n) is 2.53. The highest BCUT2D eigenvalue weighted by Gasteiger charge is 2.09. The summed E-state index contributed by atoms with van der Waals surface area (Å²) >= 11 is 0. The molecule has 0 radical (unpaired) electrons. The lowest BCUT2D eigenvalue weighted by Crippen LogP contribution is -2.08. The molecule has 0 aliphatic rings. The van der Waals surface area contributed by atoms with Crippen LogP contribution in [-0.2, 0) is 0 Å². The SMILES string of the molecule is COc1ccc(C(=O)Oc2cccc(/C=C(/C#N)c3ccccc3)c2)cc1. The first-order valence-corrected chi connectivity index (χ1v) is 8.33. The monoisotopic (exact) mass is 355 g/mol. The topological polar surface area (TPSA) is 59.3 Å². The van der Waals surface area contributed by atoms with Gasteiger partial charge >= 0.3 is 5.97 Å². The van der Waals surface area contributed by atoms with Crippen molar-refractivity contribution in [1.29, 1.82) is 5.26 Å². The molecular formula is C23H17NO3. The molecular weight excluding hydrogens is 338 g/mol. The zero-order valence-corrected chi connectivity index (χ0v) is 14.8. The third-order valence-corrected chi connectivity index (χ3v) is 3.91. The van der Waals surface area contributed by atoms with E-state index in [1.54, 1.807) is 55.7 Å². The van der Waals surface area contributed by atoms with E-state index in [0.717, 1.165) is 11.1 Å². The van der Waals surface area contributed by atoms with Crippen LogP contribution >= 0.6 is 0 Å². The van der Waals surface area contributed by atoms with Crippen LogP contribution in [0.15, 0.2) is 78.9 Å². The van der Waals surface area contributed by atoms with Gasteiger partial charge in [-0.15, -0.1) is 0 Å². The van der Waals surface area contributed by atoms with E-state index < -0.39 is 5.97 Å². The van der Waals surface area contributed by atoms with Gasteiger partial charge in [0, 0.05) is 0 Å². The summed E-state index contributed by atoms with van der Waals surface area (Å²) in [4.78, 5) is 12.3. The molecule has 0 bridgehead atoms. The van der Waals surface area contributed by atoms with Gasteiger partial charge in [0.15, 0.2) is 0 Å². The van der Waals surface area contributed by atoms with Gasteiger partial charge in [-0.3, -0.25) is 0 Å². The molecule has 3 aromatic rings. The fourth-order valence-corrected chi connectivity index (χ4v) is 2.53. The number of methoxy groups -OCH3 is 1. The van der Waals surface area contributed by atoms with Gasteiger partial charge in [0.2, 0.25) is 0 Å². The first-order chi connectivity index (χ1) is 13.2. The summed E-state index contributed by atoms with van der Waals surface area (Å²) in [7, 11) is 1.57. The number of ether oxygens (including phenoxy) is 2. The molecule has 0 aromatic heterocycles. The van der Waals surface area contributed by atoms with Crippen LogP contribution in [0, 0.1) is 11.3 Å². The van der Waals surface area contributed by atoms with Crippen molar-refractivity contribution in [3.8, 4) is 17.6 Å². The highest BCUT2D eigenvalue weighted by molar-refractivity contribution is 5.92. The summed E-state index contributed by atoms with van der Waals surface area (Å²) in [5.74, 6) is 0.626. The molecule has 0 atom stereocenters. The van der Waals surface area contributed by atoms with E-state index in [1.165, 1.54) is 0 Å². The predicted molar refractivity (Wildman–Crippen MR) is 104 cm³/mol. The van der Waals surface area contributed by atoms with Gasteiger partial charge in [0.25, 0.3) is 0 Å². The third-order valence-electron chi connectivity index (χ3n) is 3.91. The van der Waals surface area contributed by atoms with Gasteiger partial charge in [-0.1, -0.05) is 42.5 Å². The molecule has 0 unspecified atom stereocenters. The predicted octanol–water partition coefficient (Wildman–Crippen LogP) is 4.98. The number of carbonyl (C=O) groups excluding carboxylic acids is 1. The van der Waals surface area contributed by atoms with E-state index >= 15 is 0 Å². The molecule has 0 spiro atoms. The van der Waals surface area contributed by atoms with Gasteiger partial charge in [0.1, 0.15) is 11.5 Å². The number of nitrogens with zero attached hydrogens (tertiary/aromatic N) is 1. The largest absolute Gasteiger partial charge is 0.497 e. The minimum atomic E-state index is -0.456. The van der Waals surface area contributed by atoms with Crippen molar-refractivity contribution in [1.82, 2.24) is 0 Å². The van der Waals surface area contributed by atoms with Crippen LogP contribution in [0.3, 0.4) is 0 Å². The van der Waals surface area contributed by atoms with Gasteiger partial charge in [-0.25, -0.2) is 4.79 Å². The summed E-state index contributed by atoms with van der Waals surface area (Å²) in [5.41, 5.74) is 2.57. The summed E-state index contributed by atoms with van der Waals surface area (Å²) < 4.78 is 10.5. The molecule has 27 heavy (non-hydrogen) atoms. The minimum absolute atomic E-state index is 0.412. The molecule has 0 amide bonds.